The summed E-state index contributed by atoms with van der Waals surface area (Å²) >= 11 is 3.30. The third kappa shape index (κ3) is 3.10. The number of hydrogen-bond donors (Lipinski definition) is 1. The van der Waals surface area contributed by atoms with E-state index in [1.54, 1.807) is 12.1 Å². The van der Waals surface area contributed by atoms with Crippen molar-refractivity contribution in [3.8, 4) is 0 Å². The molecule has 0 amide bonds. The van der Waals surface area contributed by atoms with Gasteiger partial charge in [0.05, 0.1) is 11.9 Å². The first-order valence-electron chi connectivity index (χ1n) is 5.28. The highest BCUT2D eigenvalue weighted by atomic mass is 79.9. The number of aryl methyl sites for hydroxylation is 1. The standard InChI is InChI=1S/C12H10BrFN2O2S/c1-8-3-2-4-11(12(8)13)16-19(17,18)10-5-9(14)6-15-7-10/h2-7,16H,1H3. The maximum atomic E-state index is 13.0. The quantitative estimate of drug-likeness (QED) is 0.930. The molecule has 0 saturated heterocycles. The van der Waals surface area contributed by atoms with Crippen molar-refractivity contribution in [2.45, 2.75) is 11.8 Å². The molecule has 0 aliphatic heterocycles. The van der Waals surface area contributed by atoms with Crippen molar-refractivity contribution in [1.82, 2.24) is 4.98 Å². The van der Waals surface area contributed by atoms with Gasteiger partial charge in [-0.1, -0.05) is 12.1 Å². The highest BCUT2D eigenvalue weighted by Gasteiger charge is 2.17. The zero-order valence-corrected chi connectivity index (χ0v) is 12.3. The highest BCUT2D eigenvalue weighted by molar-refractivity contribution is 9.10. The van der Waals surface area contributed by atoms with Crippen LogP contribution in [0, 0.1) is 12.7 Å². The molecule has 0 spiro atoms. The molecule has 0 radical (unpaired) electrons. The van der Waals surface area contributed by atoms with Crippen LogP contribution in [0.3, 0.4) is 0 Å². The van der Waals surface area contributed by atoms with Gasteiger partial charge in [-0.2, -0.15) is 0 Å². The van der Waals surface area contributed by atoms with Crippen molar-refractivity contribution >= 4 is 31.6 Å². The summed E-state index contributed by atoms with van der Waals surface area (Å²) in [4.78, 5) is 3.30. The van der Waals surface area contributed by atoms with E-state index < -0.39 is 15.8 Å². The van der Waals surface area contributed by atoms with Gasteiger partial charge >= 0.3 is 0 Å². The average molecular weight is 345 g/mol. The first kappa shape index (κ1) is 14.0. The molecule has 7 heteroatoms. The summed E-state index contributed by atoms with van der Waals surface area (Å²) in [6.45, 7) is 1.84. The maximum Gasteiger partial charge on any atom is 0.263 e. The molecule has 1 N–H and O–H groups in total. The van der Waals surface area contributed by atoms with Gasteiger partial charge in [-0.15, -0.1) is 0 Å². The molecular formula is C12H10BrFN2O2S. The number of nitrogens with zero attached hydrogens (tertiary/aromatic N) is 1. The lowest BCUT2D eigenvalue weighted by Gasteiger charge is -2.10. The van der Waals surface area contributed by atoms with Gasteiger partial charge in [-0.05, 0) is 40.5 Å². The van der Waals surface area contributed by atoms with Crippen LogP contribution in [0.4, 0.5) is 10.1 Å². The van der Waals surface area contributed by atoms with E-state index in [1.165, 1.54) is 0 Å². The van der Waals surface area contributed by atoms with E-state index >= 15 is 0 Å². The highest BCUT2D eigenvalue weighted by Crippen LogP contribution is 2.27. The van der Waals surface area contributed by atoms with E-state index in [0.29, 0.717) is 10.2 Å². The Morgan fingerprint density at radius 1 is 1.32 bits per heavy atom. The summed E-state index contributed by atoms with van der Waals surface area (Å²) in [6.07, 6.45) is 2.04. The Morgan fingerprint density at radius 3 is 2.74 bits per heavy atom. The number of sulfonamides is 1. The van der Waals surface area contributed by atoms with E-state index in [-0.39, 0.29) is 4.90 Å². The SMILES string of the molecule is Cc1cccc(NS(=O)(=O)c2cncc(F)c2)c1Br. The second kappa shape index (κ2) is 5.26. The number of hydrogen-bond acceptors (Lipinski definition) is 3. The van der Waals surface area contributed by atoms with Crippen LogP contribution in [0.1, 0.15) is 5.56 Å². The third-order valence-electron chi connectivity index (χ3n) is 2.43. The summed E-state index contributed by atoms with van der Waals surface area (Å²) in [7, 11) is -3.86. The summed E-state index contributed by atoms with van der Waals surface area (Å²) in [5.74, 6) is -0.703. The van der Waals surface area contributed by atoms with Crippen LogP contribution in [-0.2, 0) is 10.0 Å². The topological polar surface area (TPSA) is 59.1 Å². The lowest BCUT2D eigenvalue weighted by Crippen LogP contribution is -2.14. The zero-order chi connectivity index (χ0) is 14.0. The molecule has 19 heavy (non-hydrogen) atoms. The Kier molecular flexibility index (Phi) is 3.86. The van der Waals surface area contributed by atoms with Gasteiger partial charge in [-0.3, -0.25) is 9.71 Å². The fraction of sp³-hybridized carbons (Fsp3) is 0.0833. The van der Waals surface area contributed by atoms with Gasteiger partial charge in [-0.25, -0.2) is 12.8 Å². The number of halogens is 2. The predicted octanol–water partition coefficient (Wildman–Crippen LogP) is 3.09. The molecule has 1 aromatic heterocycles. The molecule has 100 valence electrons. The van der Waals surface area contributed by atoms with Crippen LogP contribution in [0.25, 0.3) is 0 Å². The number of benzene rings is 1. The lowest BCUT2D eigenvalue weighted by molar-refractivity contribution is 0.592. The van der Waals surface area contributed by atoms with Gasteiger partial charge < -0.3 is 0 Å². The second-order valence-corrected chi connectivity index (χ2v) is 6.36. The number of rotatable bonds is 3. The smallest absolute Gasteiger partial charge is 0.263 e. The third-order valence-corrected chi connectivity index (χ3v) is 4.81. The van der Waals surface area contributed by atoms with Crippen LogP contribution in [0.15, 0.2) is 46.0 Å². The molecule has 0 atom stereocenters. The Balaban J connectivity index is 2.39. The van der Waals surface area contributed by atoms with Crippen LogP contribution >= 0.6 is 15.9 Å². The average Bonchev–Trinajstić information content (AvgIpc) is 2.35. The Morgan fingerprint density at radius 2 is 2.05 bits per heavy atom. The van der Waals surface area contributed by atoms with Crippen molar-refractivity contribution < 1.29 is 12.8 Å². The molecule has 0 saturated carbocycles. The molecule has 2 aromatic rings. The summed E-state index contributed by atoms with van der Waals surface area (Å²) in [5.41, 5.74) is 1.28. The zero-order valence-electron chi connectivity index (χ0n) is 9.89. The largest absolute Gasteiger partial charge is 0.278 e. The summed E-state index contributed by atoms with van der Waals surface area (Å²) in [5, 5.41) is 0. The van der Waals surface area contributed by atoms with Crippen LogP contribution in [0.5, 0.6) is 0 Å². The Hall–Kier alpha value is -1.47. The number of anilines is 1. The van der Waals surface area contributed by atoms with Crippen LogP contribution < -0.4 is 4.72 Å². The minimum absolute atomic E-state index is 0.221. The minimum Gasteiger partial charge on any atom is -0.278 e. The first-order valence-corrected chi connectivity index (χ1v) is 7.56. The molecule has 1 aromatic carbocycles. The molecule has 0 aliphatic carbocycles. The van der Waals surface area contributed by atoms with Crippen molar-refractivity contribution in [2.75, 3.05) is 4.72 Å². The van der Waals surface area contributed by atoms with Gasteiger partial charge in [0.1, 0.15) is 10.7 Å². The number of pyridine rings is 1. The maximum absolute atomic E-state index is 13.0. The van der Waals surface area contributed by atoms with Crippen molar-refractivity contribution in [2.24, 2.45) is 0 Å². The van der Waals surface area contributed by atoms with E-state index in [2.05, 4.69) is 25.6 Å². The molecule has 0 aliphatic rings. The van der Waals surface area contributed by atoms with Crippen LogP contribution in [-0.4, -0.2) is 13.4 Å². The predicted molar refractivity (Wildman–Crippen MR) is 73.9 cm³/mol. The number of aromatic nitrogens is 1. The van der Waals surface area contributed by atoms with Gasteiger partial charge in [0.2, 0.25) is 0 Å². The van der Waals surface area contributed by atoms with Gasteiger partial charge in [0.25, 0.3) is 10.0 Å². The lowest BCUT2D eigenvalue weighted by atomic mass is 10.2. The van der Waals surface area contributed by atoms with E-state index in [0.717, 1.165) is 24.0 Å². The fourth-order valence-corrected chi connectivity index (χ4v) is 3.01. The molecule has 1 heterocycles. The van der Waals surface area contributed by atoms with Gasteiger partial charge in [0.15, 0.2) is 0 Å². The fourth-order valence-electron chi connectivity index (χ4n) is 1.47. The minimum atomic E-state index is -3.86. The molecule has 0 fully saturated rings. The molecular weight excluding hydrogens is 335 g/mol. The van der Waals surface area contributed by atoms with E-state index in [9.17, 15) is 12.8 Å². The Labute approximate surface area is 118 Å². The number of nitrogens with one attached hydrogen (secondary N) is 1. The molecule has 0 bridgehead atoms. The second-order valence-electron chi connectivity index (χ2n) is 3.88. The normalized spacial score (nSPS) is 11.3. The van der Waals surface area contributed by atoms with Crippen molar-refractivity contribution in [3.63, 3.8) is 0 Å². The summed E-state index contributed by atoms with van der Waals surface area (Å²) < 4.78 is 40.2. The molecule has 0 unspecified atom stereocenters. The molecule has 2 rings (SSSR count). The van der Waals surface area contributed by atoms with E-state index in [4.69, 9.17) is 0 Å². The van der Waals surface area contributed by atoms with Gasteiger partial charge in [0, 0.05) is 10.7 Å². The van der Waals surface area contributed by atoms with Crippen molar-refractivity contribution in [3.05, 3.63) is 52.5 Å². The Bertz CT molecular complexity index is 719. The molecule has 4 nitrogen and oxygen atoms in total. The summed E-state index contributed by atoms with van der Waals surface area (Å²) in [6, 6.07) is 6.09. The van der Waals surface area contributed by atoms with Crippen LogP contribution in [0.2, 0.25) is 0 Å². The van der Waals surface area contributed by atoms with E-state index in [1.807, 2.05) is 13.0 Å². The van der Waals surface area contributed by atoms with Crippen molar-refractivity contribution in [1.29, 1.82) is 0 Å². The first-order chi connectivity index (χ1) is 8.90. The monoisotopic (exact) mass is 344 g/mol.